The first kappa shape index (κ1) is 21.3. The van der Waals surface area contributed by atoms with Crippen LogP contribution in [0, 0.1) is 0 Å². The molecule has 1 aliphatic heterocycles. The maximum absolute atomic E-state index is 10.9. The second-order valence-corrected chi connectivity index (χ2v) is 7.65. The van der Waals surface area contributed by atoms with E-state index in [-0.39, 0.29) is 5.91 Å². The highest BCUT2D eigenvalue weighted by molar-refractivity contribution is 5.71. The Kier molecular flexibility index (Phi) is 8.53. The standard InChI is InChI=1S/C24H32N2O3/c1-20(27)25-29-19-23-11-4-3-10-22(23)12-8-16-28-24-13-7-9-21(17-24)18-26-14-5-2-6-15-26/h3-4,7,9-11,13,17H,2,5-6,8,12,14-16,18-19H2,1H3,(H,25,27). The van der Waals surface area contributed by atoms with Crippen LogP contribution in [0.1, 0.15) is 49.3 Å². The third-order valence-electron chi connectivity index (χ3n) is 5.17. The molecule has 1 N–H and O–H groups in total. The van der Waals surface area contributed by atoms with Crippen LogP contribution >= 0.6 is 0 Å². The van der Waals surface area contributed by atoms with Gasteiger partial charge in [0.05, 0.1) is 6.61 Å². The Morgan fingerprint density at radius 3 is 2.62 bits per heavy atom. The second-order valence-electron chi connectivity index (χ2n) is 7.65. The van der Waals surface area contributed by atoms with Gasteiger partial charge in [-0.1, -0.05) is 42.8 Å². The summed E-state index contributed by atoms with van der Waals surface area (Å²) in [7, 11) is 0. The highest BCUT2D eigenvalue weighted by atomic mass is 16.6. The summed E-state index contributed by atoms with van der Waals surface area (Å²) >= 11 is 0. The topological polar surface area (TPSA) is 50.8 Å². The molecule has 0 atom stereocenters. The smallest absolute Gasteiger partial charge is 0.240 e. The quantitative estimate of drug-likeness (QED) is 0.482. The first-order valence-electron chi connectivity index (χ1n) is 10.6. The van der Waals surface area contributed by atoms with Gasteiger partial charge in [0, 0.05) is 13.5 Å². The Balaban J connectivity index is 1.43. The Labute approximate surface area is 174 Å². The molecule has 1 amide bonds. The summed E-state index contributed by atoms with van der Waals surface area (Å²) in [5, 5.41) is 0. The van der Waals surface area contributed by atoms with Gasteiger partial charge in [0.2, 0.25) is 5.91 Å². The molecule has 0 spiro atoms. The van der Waals surface area contributed by atoms with Crippen molar-refractivity contribution in [2.45, 2.75) is 52.2 Å². The summed E-state index contributed by atoms with van der Waals surface area (Å²) in [5.74, 6) is 0.750. The van der Waals surface area contributed by atoms with Crippen LogP contribution in [-0.2, 0) is 29.2 Å². The van der Waals surface area contributed by atoms with Gasteiger partial charge >= 0.3 is 0 Å². The number of aryl methyl sites for hydroxylation is 1. The van der Waals surface area contributed by atoms with Crippen LogP contribution in [0.2, 0.25) is 0 Å². The van der Waals surface area contributed by atoms with Crippen LogP contribution in [0.25, 0.3) is 0 Å². The third-order valence-corrected chi connectivity index (χ3v) is 5.17. The summed E-state index contributed by atoms with van der Waals surface area (Å²) in [6.45, 7) is 5.90. The molecule has 1 fully saturated rings. The van der Waals surface area contributed by atoms with Crippen molar-refractivity contribution in [3.8, 4) is 5.75 Å². The lowest BCUT2D eigenvalue weighted by atomic mass is 10.0. The average Bonchev–Trinajstić information content (AvgIpc) is 2.73. The van der Waals surface area contributed by atoms with Gasteiger partial charge in [-0.2, -0.15) is 0 Å². The summed E-state index contributed by atoms with van der Waals surface area (Å²) < 4.78 is 6.00. The average molecular weight is 397 g/mol. The molecule has 2 aromatic carbocycles. The number of piperidine rings is 1. The minimum absolute atomic E-state index is 0.196. The number of likely N-dealkylation sites (tertiary alicyclic amines) is 1. The number of benzene rings is 2. The van der Waals surface area contributed by atoms with Crippen LogP contribution < -0.4 is 10.2 Å². The fourth-order valence-electron chi connectivity index (χ4n) is 3.72. The lowest BCUT2D eigenvalue weighted by Crippen LogP contribution is -2.29. The van der Waals surface area contributed by atoms with Gasteiger partial charge in [0.25, 0.3) is 0 Å². The first-order valence-corrected chi connectivity index (χ1v) is 10.6. The molecule has 29 heavy (non-hydrogen) atoms. The summed E-state index contributed by atoms with van der Waals surface area (Å²) in [4.78, 5) is 18.7. The second kappa shape index (κ2) is 11.6. The fraction of sp³-hybridized carbons (Fsp3) is 0.458. The molecule has 0 radical (unpaired) electrons. The zero-order chi connectivity index (χ0) is 20.3. The molecule has 1 heterocycles. The van der Waals surface area contributed by atoms with Gasteiger partial charge in [0.1, 0.15) is 12.4 Å². The summed E-state index contributed by atoms with van der Waals surface area (Å²) in [5.41, 5.74) is 6.01. The third kappa shape index (κ3) is 7.52. The Morgan fingerprint density at radius 1 is 1.03 bits per heavy atom. The zero-order valence-electron chi connectivity index (χ0n) is 17.4. The van der Waals surface area contributed by atoms with Crippen molar-refractivity contribution in [2.75, 3.05) is 19.7 Å². The van der Waals surface area contributed by atoms with Crippen molar-refractivity contribution in [2.24, 2.45) is 0 Å². The Morgan fingerprint density at radius 2 is 1.83 bits per heavy atom. The first-order chi connectivity index (χ1) is 14.2. The monoisotopic (exact) mass is 396 g/mol. The van der Waals surface area contributed by atoms with Crippen molar-refractivity contribution >= 4 is 5.91 Å². The van der Waals surface area contributed by atoms with Crippen molar-refractivity contribution in [3.63, 3.8) is 0 Å². The molecule has 1 saturated heterocycles. The predicted molar refractivity (Wildman–Crippen MR) is 114 cm³/mol. The van der Waals surface area contributed by atoms with Gasteiger partial charge in [-0.15, -0.1) is 0 Å². The number of nitrogens with zero attached hydrogens (tertiary/aromatic N) is 1. The predicted octanol–water partition coefficient (Wildman–Crippen LogP) is 4.25. The molecule has 0 unspecified atom stereocenters. The van der Waals surface area contributed by atoms with Gasteiger partial charge in [-0.25, -0.2) is 5.48 Å². The van der Waals surface area contributed by atoms with Crippen molar-refractivity contribution in [1.82, 2.24) is 10.4 Å². The lowest BCUT2D eigenvalue weighted by molar-refractivity contribution is -0.132. The SMILES string of the molecule is CC(=O)NOCc1ccccc1CCCOc1cccc(CN2CCCCC2)c1. The molecule has 156 valence electrons. The molecule has 5 heteroatoms. The molecule has 0 bridgehead atoms. The Hall–Kier alpha value is -2.37. The van der Waals surface area contributed by atoms with E-state index in [0.29, 0.717) is 13.2 Å². The number of carbonyl (C=O) groups is 1. The van der Waals surface area contributed by atoms with Gasteiger partial charge in [0.15, 0.2) is 0 Å². The van der Waals surface area contributed by atoms with Crippen molar-refractivity contribution in [3.05, 3.63) is 65.2 Å². The molecule has 3 rings (SSSR count). The normalized spacial score (nSPS) is 14.5. The summed E-state index contributed by atoms with van der Waals surface area (Å²) in [6, 6.07) is 16.6. The number of hydrogen-bond acceptors (Lipinski definition) is 4. The van der Waals surface area contributed by atoms with Gasteiger partial charge in [-0.3, -0.25) is 14.5 Å². The minimum atomic E-state index is -0.196. The molecule has 0 aliphatic carbocycles. The van der Waals surface area contributed by atoms with Crippen LogP contribution in [0.3, 0.4) is 0 Å². The van der Waals surface area contributed by atoms with Gasteiger partial charge < -0.3 is 4.74 Å². The molecule has 0 aromatic heterocycles. The van der Waals surface area contributed by atoms with E-state index < -0.39 is 0 Å². The number of nitrogens with one attached hydrogen (secondary N) is 1. The number of carbonyl (C=O) groups excluding carboxylic acids is 1. The molecule has 5 nitrogen and oxygen atoms in total. The number of hydroxylamine groups is 1. The molecular weight excluding hydrogens is 364 g/mol. The highest BCUT2D eigenvalue weighted by Gasteiger charge is 2.10. The maximum atomic E-state index is 10.9. The Bertz CT molecular complexity index is 772. The van der Waals surface area contributed by atoms with E-state index in [1.165, 1.54) is 50.4 Å². The van der Waals surface area contributed by atoms with Crippen LogP contribution in [0.4, 0.5) is 0 Å². The van der Waals surface area contributed by atoms with Crippen LogP contribution in [0.5, 0.6) is 5.75 Å². The maximum Gasteiger partial charge on any atom is 0.240 e. The number of hydrogen-bond donors (Lipinski definition) is 1. The number of amides is 1. The number of rotatable bonds is 10. The van der Waals surface area contributed by atoms with E-state index >= 15 is 0 Å². The number of ether oxygens (including phenoxy) is 1. The van der Waals surface area contributed by atoms with Crippen LogP contribution in [-0.4, -0.2) is 30.5 Å². The molecular formula is C24H32N2O3. The van der Waals surface area contributed by atoms with E-state index in [4.69, 9.17) is 9.57 Å². The van der Waals surface area contributed by atoms with Crippen LogP contribution in [0.15, 0.2) is 48.5 Å². The van der Waals surface area contributed by atoms with E-state index in [9.17, 15) is 4.79 Å². The highest BCUT2D eigenvalue weighted by Crippen LogP contribution is 2.18. The summed E-state index contributed by atoms with van der Waals surface area (Å²) in [6.07, 6.45) is 5.82. The van der Waals surface area contributed by atoms with E-state index in [1.54, 1.807) is 0 Å². The fourth-order valence-corrected chi connectivity index (χ4v) is 3.72. The van der Waals surface area contributed by atoms with E-state index in [1.807, 2.05) is 24.3 Å². The largest absolute Gasteiger partial charge is 0.494 e. The van der Waals surface area contributed by atoms with Gasteiger partial charge in [-0.05, 0) is 67.6 Å². The molecule has 1 aliphatic rings. The van der Waals surface area contributed by atoms with E-state index in [2.05, 4.69) is 34.6 Å². The van der Waals surface area contributed by atoms with E-state index in [0.717, 1.165) is 30.7 Å². The van der Waals surface area contributed by atoms with Crippen molar-refractivity contribution in [1.29, 1.82) is 0 Å². The van der Waals surface area contributed by atoms with Crippen molar-refractivity contribution < 1.29 is 14.4 Å². The molecule has 2 aromatic rings. The zero-order valence-corrected chi connectivity index (χ0v) is 17.4. The minimum Gasteiger partial charge on any atom is -0.494 e. The molecule has 0 saturated carbocycles. The lowest BCUT2D eigenvalue weighted by Gasteiger charge is -2.26.